The van der Waals surface area contributed by atoms with Gasteiger partial charge in [-0.25, -0.2) is 0 Å². The Morgan fingerprint density at radius 2 is 1.91 bits per heavy atom. The van der Waals surface area contributed by atoms with Crippen molar-refractivity contribution in [2.24, 2.45) is 5.73 Å². The molecule has 0 amide bonds. The van der Waals surface area contributed by atoms with Crippen molar-refractivity contribution in [3.63, 3.8) is 0 Å². The maximum absolute atomic E-state index is 5.80. The molecule has 0 spiro atoms. The van der Waals surface area contributed by atoms with Gasteiger partial charge in [0.2, 0.25) is 0 Å². The molecule has 0 unspecified atom stereocenters. The van der Waals surface area contributed by atoms with Crippen molar-refractivity contribution in [2.75, 3.05) is 14.2 Å². The summed E-state index contributed by atoms with van der Waals surface area (Å²) in [7, 11) is 3.28. The number of ether oxygens (including phenoxy) is 2. The van der Waals surface area contributed by atoms with E-state index >= 15 is 0 Å². The van der Waals surface area contributed by atoms with Gasteiger partial charge < -0.3 is 15.2 Å². The van der Waals surface area contributed by atoms with Crippen LogP contribution in [0.15, 0.2) is 48.7 Å². The number of fused-ring (bicyclic) bond motifs is 1. The molecule has 0 saturated heterocycles. The Hall–Kier alpha value is -2.59. The lowest BCUT2D eigenvalue weighted by atomic mass is 9.99. The summed E-state index contributed by atoms with van der Waals surface area (Å²) >= 11 is 0. The van der Waals surface area contributed by atoms with Gasteiger partial charge in [0, 0.05) is 23.7 Å². The van der Waals surface area contributed by atoms with Gasteiger partial charge in [0.05, 0.1) is 19.7 Å². The molecule has 3 aromatic rings. The average molecular weight is 294 g/mol. The highest BCUT2D eigenvalue weighted by molar-refractivity contribution is 5.86. The number of methoxy groups -OCH3 is 2. The minimum absolute atomic E-state index is 0.447. The molecule has 0 radical (unpaired) electrons. The first-order valence-corrected chi connectivity index (χ1v) is 7.07. The minimum Gasteiger partial charge on any atom is -0.493 e. The van der Waals surface area contributed by atoms with Crippen molar-refractivity contribution < 1.29 is 9.47 Å². The third-order valence-electron chi connectivity index (χ3n) is 3.69. The van der Waals surface area contributed by atoms with Crippen molar-refractivity contribution in [3.05, 3.63) is 54.2 Å². The fraction of sp³-hybridized carbons (Fsp3) is 0.167. The summed E-state index contributed by atoms with van der Waals surface area (Å²) in [4.78, 5) is 4.35. The number of nitrogens with two attached hydrogens (primary N) is 1. The predicted octanol–water partition coefficient (Wildman–Crippen LogP) is 3.38. The van der Waals surface area contributed by atoms with E-state index in [1.165, 1.54) is 0 Å². The van der Waals surface area contributed by atoms with Crippen molar-refractivity contribution >= 4 is 10.9 Å². The standard InChI is InChI=1S/C18H18N2O2/c1-21-17-9-12(11-19)8-15(18(17)22-2)13-5-6-16-14(10-13)4-3-7-20-16/h3-10H,11,19H2,1-2H3. The van der Waals surface area contributed by atoms with Crippen LogP contribution in [0, 0.1) is 0 Å². The number of aromatic nitrogens is 1. The molecule has 112 valence electrons. The first-order valence-electron chi connectivity index (χ1n) is 7.07. The first kappa shape index (κ1) is 14.4. The Morgan fingerprint density at radius 1 is 1.05 bits per heavy atom. The Kier molecular flexibility index (Phi) is 3.94. The van der Waals surface area contributed by atoms with Crippen LogP contribution in [-0.2, 0) is 6.54 Å². The number of rotatable bonds is 4. The maximum atomic E-state index is 5.80. The fourth-order valence-corrected chi connectivity index (χ4v) is 2.60. The van der Waals surface area contributed by atoms with Crippen molar-refractivity contribution in [1.29, 1.82) is 0 Å². The molecular formula is C18H18N2O2. The van der Waals surface area contributed by atoms with E-state index in [-0.39, 0.29) is 0 Å². The van der Waals surface area contributed by atoms with E-state index in [2.05, 4.69) is 11.1 Å². The van der Waals surface area contributed by atoms with Gasteiger partial charge in [-0.05, 0) is 41.5 Å². The monoisotopic (exact) mass is 294 g/mol. The predicted molar refractivity (Wildman–Crippen MR) is 88.2 cm³/mol. The van der Waals surface area contributed by atoms with Gasteiger partial charge in [-0.2, -0.15) is 0 Å². The normalized spacial score (nSPS) is 10.7. The lowest BCUT2D eigenvalue weighted by Gasteiger charge is -2.15. The van der Waals surface area contributed by atoms with Crippen molar-refractivity contribution in [1.82, 2.24) is 4.98 Å². The van der Waals surface area contributed by atoms with Gasteiger partial charge in [0.15, 0.2) is 11.5 Å². The van der Waals surface area contributed by atoms with Crippen molar-refractivity contribution in [3.8, 4) is 22.6 Å². The van der Waals surface area contributed by atoms with Crippen LogP contribution in [0.4, 0.5) is 0 Å². The maximum Gasteiger partial charge on any atom is 0.168 e. The van der Waals surface area contributed by atoms with Crippen molar-refractivity contribution in [2.45, 2.75) is 6.54 Å². The summed E-state index contributed by atoms with van der Waals surface area (Å²) in [6.45, 7) is 0.447. The number of hydrogen-bond acceptors (Lipinski definition) is 4. The lowest BCUT2D eigenvalue weighted by Crippen LogP contribution is -2.00. The molecule has 4 nitrogen and oxygen atoms in total. The molecule has 22 heavy (non-hydrogen) atoms. The molecule has 4 heteroatoms. The molecule has 0 aliphatic heterocycles. The Balaban J connectivity index is 2.23. The molecule has 1 aromatic heterocycles. The van der Waals surface area contributed by atoms with Gasteiger partial charge >= 0.3 is 0 Å². The summed E-state index contributed by atoms with van der Waals surface area (Å²) in [6.07, 6.45) is 1.79. The number of hydrogen-bond donors (Lipinski definition) is 1. The van der Waals surface area contributed by atoms with Crippen LogP contribution in [-0.4, -0.2) is 19.2 Å². The van der Waals surface area contributed by atoms with Gasteiger partial charge in [0.25, 0.3) is 0 Å². The van der Waals surface area contributed by atoms with Crippen LogP contribution >= 0.6 is 0 Å². The van der Waals surface area contributed by atoms with Gasteiger partial charge in [0.1, 0.15) is 0 Å². The van der Waals surface area contributed by atoms with Gasteiger partial charge in [-0.3, -0.25) is 4.98 Å². The second-order valence-electron chi connectivity index (χ2n) is 4.99. The summed E-state index contributed by atoms with van der Waals surface area (Å²) in [6, 6.07) is 14.1. The van der Waals surface area contributed by atoms with E-state index in [0.29, 0.717) is 18.0 Å². The van der Waals surface area contributed by atoms with E-state index < -0.39 is 0 Å². The summed E-state index contributed by atoms with van der Waals surface area (Å²) in [5.74, 6) is 1.40. The molecule has 0 fully saturated rings. The van der Waals surface area contributed by atoms with Crippen LogP contribution in [0.25, 0.3) is 22.0 Å². The highest BCUT2D eigenvalue weighted by Gasteiger charge is 2.14. The Labute approximate surface area is 129 Å². The zero-order valence-electron chi connectivity index (χ0n) is 12.7. The summed E-state index contributed by atoms with van der Waals surface area (Å²) in [5.41, 5.74) is 9.77. The van der Waals surface area contributed by atoms with Crippen LogP contribution in [0.3, 0.4) is 0 Å². The summed E-state index contributed by atoms with van der Waals surface area (Å²) < 4.78 is 11.0. The van der Waals surface area contributed by atoms with E-state index in [0.717, 1.165) is 27.6 Å². The molecule has 0 atom stereocenters. The molecule has 2 N–H and O–H groups in total. The van der Waals surface area contributed by atoms with Crippen LogP contribution in [0.2, 0.25) is 0 Å². The molecule has 1 heterocycles. The molecule has 0 bridgehead atoms. The number of pyridine rings is 1. The van der Waals surface area contributed by atoms with E-state index in [9.17, 15) is 0 Å². The second kappa shape index (κ2) is 6.03. The summed E-state index contributed by atoms with van der Waals surface area (Å²) in [5, 5.41) is 1.08. The molecule has 2 aromatic carbocycles. The zero-order valence-corrected chi connectivity index (χ0v) is 12.7. The number of nitrogens with zero attached hydrogens (tertiary/aromatic N) is 1. The topological polar surface area (TPSA) is 57.4 Å². The highest BCUT2D eigenvalue weighted by atomic mass is 16.5. The smallest absolute Gasteiger partial charge is 0.168 e. The third kappa shape index (κ3) is 2.49. The Morgan fingerprint density at radius 3 is 2.64 bits per heavy atom. The van der Waals surface area contributed by atoms with Crippen LogP contribution in [0.5, 0.6) is 11.5 Å². The lowest BCUT2D eigenvalue weighted by molar-refractivity contribution is 0.355. The molecule has 0 aliphatic carbocycles. The first-order chi connectivity index (χ1) is 10.8. The molecule has 3 rings (SSSR count). The largest absolute Gasteiger partial charge is 0.493 e. The van der Waals surface area contributed by atoms with E-state index in [4.69, 9.17) is 15.2 Å². The fourth-order valence-electron chi connectivity index (χ4n) is 2.60. The molecule has 0 aliphatic rings. The van der Waals surface area contributed by atoms with Crippen LogP contribution in [0.1, 0.15) is 5.56 Å². The Bertz CT molecular complexity index is 815. The van der Waals surface area contributed by atoms with Gasteiger partial charge in [-0.1, -0.05) is 12.1 Å². The quantitative estimate of drug-likeness (QED) is 0.801. The highest BCUT2D eigenvalue weighted by Crippen LogP contribution is 2.39. The second-order valence-corrected chi connectivity index (χ2v) is 4.99. The molecular weight excluding hydrogens is 276 g/mol. The SMILES string of the molecule is COc1cc(CN)cc(-c2ccc3ncccc3c2)c1OC. The third-order valence-corrected chi connectivity index (χ3v) is 3.69. The number of benzene rings is 2. The van der Waals surface area contributed by atoms with E-state index in [1.807, 2.05) is 36.4 Å². The van der Waals surface area contributed by atoms with Gasteiger partial charge in [-0.15, -0.1) is 0 Å². The average Bonchev–Trinajstić information content (AvgIpc) is 2.59. The van der Waals surface area contributed by atoms with E-state index in [1.54, 1.807) is 20.4 Å². The molecule has 0 saturated carbocycles. The van der Waals surface area contributed by atoms with Crippen LogP contribution < -0.4 is 15.2 Å². The zero-order chi connectivity index (χ0) is 15.5. The minimum atomic E-state index is 0.447.